The van der Waals surface area contributed by atoms with Gasteiger partial charge in [-0.3, -0.25) is 4.79 Å². The van der Waals surface area contributed by atoms with Crippen molar-refractivity contribution in [2.45, 2.75) is 45.1 Å². The van der Waals surface area contributed by atoms with Crippen molar-refractivity contribution in [1.82, 2.24) is 15.0 Å². The second-order valence-electron chi connectivity index (χ2n) is 5.74. The summed E-state index contributed by atoms with van der Waals surface area (Å²) in [5.41, 5.74) is 1.07. The molecule has 1 aromatic carbocycles. The Kier molecular flexibility index (Phi) is 4.22. The number of hydrogen-bond acceptors (Lipinski definition) is 4. The van der Waals surface area contributed by atoms with Crippen LogP contribution in [0.15, 0.2) is 34.9 Å². The van der Waals surface area contributed by atoms with Gasteiger partial charge >= 0.3 is 0 Å². The van der Waals surface area contributed by atoms with E-state index in [0.717, 1.165) is 31.4 Å². The smallest absolute Gasteiger partial charge is 0.249 e. The Balaban J connectivity index is 1.83. The second kappa shape index (κ2) is 6.30. The highest BCUT2D eigenvalue weighted by Crippen LogP contribution is 2.34. The van der Waals surface area contributed by atoms with E-state index in [1.807, 2.05) is 35.2 Å². The maximum absolute atomic E-state index is 13.0. The van der Waals surface area contributed by atoms with Gasteiger partial charge in [0.1, 0.15) is 6.04 Å². The fourth-order valence-electron chi connectivity index (χ4n) is 3.17. The lowest BCUT2D eigenvalue weighted by molar-refractivity contribution is -0.134. The lowest BCUT2D eigenvalue weighted by atomic mass is 9.94. The van der Waals surface area contributed by atoms with Gasteiger partial charge in [0.25, 0.3) is 0 Å². The average Bonchev–Trinajstić information content (AvgIpc) is 3.17. The van der Waals surface area contributed by atoms with Crippen LogP contribution in [0, 0.1) is 6.92 Å². The Bertz CT molecular complexity index is 638. The Morgan fingerprint density at radius 2 is 2.18 bits per heavy atom. The van der Waals surface area contributed by atoms with Crippen LogP contribution in [0.1, 0.15) is 55.4 Å². The van der Waals surface area contributed by atoms with Gasteiger partial charge in [-0.25, -0.2) is 0 Å². The largest absolute Gasteiger partial charge is 0.337 e. The van der Waals surface area contributed by atoms with Crippen LogP contribution in [0.25, 0.3) is 0 Å². The Morgan fingerprint density at radius 1 is 1.41 bits per heavy atom. The van der Waals surface area contributed by atoms with Gasteiger partial charge in [-0.05, 0) is 31.7 Å². The number of carbonyl (C=O) groups excluding carboxylic acids is 1. The van der Waals surface area contributed by atoms with E-state index >= 15 is 0 Å². The summed E-state index contributed by atoms with van der Waals surface area (Å²) in [6.07, 6.45) is 2.65. The highest BCUT2D eigenvalue weighted by atomic mass is 16.5. The molecule has 1 aliphatic heterocycles. The quantitative estimate of drug-likeness (QED) is 0.869. The number of aromatic nitrogens is 2. The molecule has 2 unspecified atom stereocenters. The van der Waals surface area contributed by atoms with Gasteiger partial charge in [-0.1, -0.05) is 42.4 Å². The van der Waals surface area contributed by atoms with Crippen LogP contribution in [-0.4, -0.2) is 27.5 Å². The van der Waals surface area contributed by atoms with Crippen molar-refractivity contribution >= 4 is 5.91 Å². The van der Waals surface area contributed by atoms with Gasteiger partial charge in [-0.2, -0.15) is 4.98 Å². The van der Waals surface area contributed by atoms with E-state index in [1.54, 1.807) is 6.92 Å². The summed E-state index contributed by atoms with van der Waals surface area (Å²) in [7, 11) is 0. The molecule has 22 heavy (non-hydrogen) atoms. The maximum atomic E-state index is 13.0. The molecule has 3 rings (SSSR count). The molecule has 2 heterocycles. The van der Waals surface area contributed by atoms with Gasteiger partial charge in [0.15, 0.2) is 5.82 Å². The third-order valence-electron chi connectivity index (χ3n) is 4.27. The van der Waals surface area contributed by atoms with E-state index in [-0.39, 0.29) is 17.9 Å². The molecule has 5 nitrogen and oxygen atoms in total. The fourth-order valence-corrected chi connectivity index (χ4v) is 3.17. The van der Waals surface area contributed by atoms with Crippen LogP contribution in [0.5, 0.6) is 0 Å². The average molecular weight is 299 g/mol. The first-order valence-electron chi connectivity index (χ1n) is 7.86. The summed E-state index contributed by atoms with van der Waals surface area (Å²) in [5.74, 6) is 1.23. The van der Waals surface area contributed by atoms with Crippen LogP contribution in [0.3, 0.4) is 0 Å². The highest BCUT2D eigenvalue weighted by molar-refractivity contribution is 5.84. The fraction of sp³-hybridized carbons (Fsp3) is 0.471. The monoisotopic (exact) mass is 299 g/mol. The minimum Gasteiger partial charge on any atom is -0.337 e. The Morgan fingerprint density at radius 3 is 2.82 bits per heavy atom. The molecule has 116 valence electrons. The van der Waals surface area contributed by atoms with Crippen molar-refractivity contribution in [2.75, 3.05) is 6.54 Å². The molecule has 0 bridgehead atoms. The Labute approximate surface area is 130 Å². The van der Waals surface area contributed by atoms with Crippen molar-refractivity contribution in [3.63, 3.8) is 0 Å². The number of likely N-dealkylation sites (tertiary alicyclic amines) is 1. The van der Waals surface area contributed by atoms with Crippen LogP contribution in [0.2, 0.25) is 0 Å². The van der Waals surface area contributed by atoms with Crippen LogP contribution in [-0.2, 0) is 4.79 Å². The summed E-state index contributed by atoms with van der Waals surface area (Å²) < 4.78 is 5.29. The van der Waals surface area contributed by atoms with Crippen molar-refractivity contribution < 1.29 is 9.32 Å². The zero-order chi connectivity index (χ0) is 15.5. The molecule has 5 heteroatoms. The summed E-state index contributed by atoms with van der Waals surface area (Å²) in [6.45, 7) is 4.61. The summed E-state index contributed by atoms with van der Waals surface area (Å²) in [5, 5.41) is 3.85. The SMILES string of the molecule is CCC(C(=O)N1CCCC1c1nc(C)no1)c1ccccc1. The normalized spacial score (nSPS) is 19.4. The van der Waals surface area contributed by atoms with Crippen LogP contribution >= 0.6 is 0 Å². The molecule has 0 radical (unpaired) electrons. The minimum absolute atomic E-state index is 0.0773. The lowest BCUT2D eigenvalue weighted by Crippen LogP contribution is -2.34. The van der Waals surface area contributed by atoms with Gasteiger partial charge in [-0.15, -0.1) is 0 Å². The van der Waals surface area contributed by atoms with Gasteiger partial charge in [0.05, 0.1) is 5.92 Å². The van der Waals surface area contributed by atoms with E-state index < -0.39 is 0 Å². The van der Waals surface area contributed by atoms with E-state index in [4.69, 9.17) is 4.52 Å². The van der Waals surface area contributed by atoms with Crippen molar-refractivity contribution in [2.24, 2.45) is 0 Å². The number of aryl methyl sites for hydroxylation is 1. The van der Waals surface area contributed by atoms with Crippen LogP contribution in [0.4, 0.5) is 0 Å². The minimum atomic E-state index is -0.106. The van der Waals surface area contributed by atoms with Crippen molar-refractivity contribution in [3.8, 4) is 0 Å². The van der Waals surface area contributed by atoms with E-state index in [0.29, 0.717) is 11.7 Å². The van der Waals surface area contributed by atoms with E-state index in [1.165, 1.54) is 0 Å². The van der Waals surface area contributed by atoms with Gasteiger partial charge < -0.3 is 9.42 Å². The van der Waals surface area contributed by atoms with E-state index in [9.17, 15) is 4.79 Å². The molecular formula is C17H21N3O2. The van der Waals surface area contributed by atoms with Crippen molar-refractivity contribution in [3.05, 3.63) is 47.6 Å². The molecule has 1 aliphatic rings. The van der Waals surface area contributed by atoms with E-state index in [2.05, 4.69) is 17.1 Å². The number of benzene rings is 1. The number of rotatable bonds is 4. The summed E-state index contributed by atoms with van der Waals surface area (Å²) >= 11 is 0. The molecule has 0 N–H and O–H groups in total. The third-order valence-corrected chi connectivity index (χ3v) is 4.27. The first-order valence-corrected chi connectivity index (χ1v) is 7.86. The molecule has 0 aliphatic carbocycles. The number of amides is 1. The summed E-state index contributed by atoms with van der Waals surface area (Å²) in [6, 6.07) is 9.90. The molecule has 2 atom stereocenters. The van der Waals surface area contributed by atoms with Gasteiger partial charge in [0, 0.05) is 6.54 Å². The third kappa shape index (κ3) is 2.75. The molecule has 1 amide bonds. The predicted molar refractivity (Wildman–Crippen MR) is 82.2 cm³/mol. The first-order chi connectivity index (χ1) is 10.7. The maximum Gasteiger partial charge on any atom is 0.249 e. The lowest BCUT2D eigenvalue weighted by Gasteiger charge is -2.26. The molecule has 0 saturated carbocycles. The molecule has 2 aromatic rings. The molecule has 1 saturated heterocycles. The zero-order valence-corrected chi connectivity index (χ0v) is 13.0. The van der Waals surface area contributed by atoms with Gasteiger partial charge in [0.2, 0.25) is 11.8 Å². The standard InChI is InChI=1S/C17H21N3O2/c1-3-14(13-8-5-4-6-9-13)17(21)20-11-7-10-15(20)16-18-12(2)19-22-16/h4-6,8-9,14-15H,3,7,10-11H2,1-2H3. The number of carbonyl (C=O) groups is 1. The molecule has 0 spiro atoms. The number of nitrogens with zero attached hydrogens (tertiary/aromatic N) is 3. The Hall–Kier alpha value is -2.17. The second-order valence-corrected chi connectivity index (χ2v) is 5.74. The summed E-state index contributed by atoms with van der Waals surface area (Å²) in [4.78, 5) is 19.2. The molecule has 1 aromatic heterocycles. The molecule has 1 fully saturated rings. The number of hydrogen-bond donors (Lipinski definition) is 0. The van der Waals surface area contributed by atoms with Crippen molar-refractivity contribution in [1.29, 1.82) is 0 Å². The first kappa shape index (κ1) is 14.8. The highest BCUT2D eigenvalue weighted by Gasteiger charge is 2.36. The van der Waals surface area contributed by atoms with Crippen LogP contribution < -0.4 is 0 Å². The zero-order valence-electron chi connectivity index (χ0n) is 13.0. The topological polar surface area (TPSA) is 59.2 Å². The predicted octanol–water partition coefficient (Wildman–Crippen LogP) is 3.24. The molecular weight excluding hydrogens is 278 g/mol.